The number of aromatic nitrogens is 2. The quantitative estimate of drug-likeness (QED) is 0.468. The van der Waals surface area contributed by atoms with E-state index in [0.717, 1.165) is 27.0 Å². The van der Waals surface area contributed by atoms with E-state index in [9.17, 15) is 9.18 Å². The minimum Gasteiger partial charge on any atom is -0.353 e. The Bertz CT molecular complexity index is 1250. The first-order valence-corrected chi connectivity index (χ1v) is 11.0. The highest BCUT2D eigenvalue weighted by Gasteiger charge is 2.26. The van der Waals surface area contributed by atoms with Crippen LogP contribution in [0.5, 0.6) is 0 Å². The minimum atomic E-state index is -0.277. The second-order valence-corrected chi connectivity index (χ2v) is 8.63. The molecule has 1 amide bonds. The first kappa shape index (κ1) is 19.6. The molecule has 0 radical (unpaired) electrons. The topological polar surface area (TPSA) is 49.3 Å². The van der Waals surface area contributed by atoms with Crippen LogP contribution in [0.1, 0.15) is 15.2 Å². The van der Waals surface area contributed by atoms with Crippen LogP contribution >= 0.6 is 11.3 Å². The van der Waals surface area contributed by atoms with Crippen molar-refractivity contribution in [3.63, 3.8) is 0 Å². The molecule has 2 aromatic carbocycles. The Balaban J connectivity index is 1.31. The molecular formula is C24H21FN4OS. The first-order valence-electron chi connectivity index (χ1n) is 10.2. The Hall–Kier alpha value is -3.32. The number of fused-ring (bicyclic) bond motifs is 1. The number of anilines is 1. The lowest BCUT2D eigenvalue weighted by Gasteiger charge is -2.35. The molecule has 3 heterocycles. The number of piperazine rings is 1. The van der Waals surface area contributed by atoms with E-state index in [1.54, 1.807) is 12.3 Å². The monoisotopic (exact) mass is 432 g/mol. The number of carbonyl (C=O) groups is 1. The van der Waals surface area contributed by atoms with E-state index in [-0.39, 0.29) is 11.7 Å². The molecule has 0 unspecified atom stereocenters. The lowest BCUT2D eigenvalue weighted by Crippen LogP contribution is -2.49. The van der Waals surface area contributed by atoms with Gasteiger partial charge in [-0.25, -0.2) is 14.4 Å². The Morgan fingerprint density at radius 2 is 1.81 bits per heavy atom. The summed E-state index contributed by atoms with van der Waals surface area (Å²) < 4.78 is 14.6. The summed E-state index contributed by atoms with van der Waals surface area (Å²) in [6.45, 7) is 4.54. The highest BCUT2D eigenvalue weighted by atomic mass is 32.1. The van der Waals surface area contributed by atoms with Crippen LogP contribution in [0, 0.1) is 12.7 Å². The summed E-state index contributed by atoms with van der Waals surface area (Å²) in [6.07, 6.45) is 1.78. The molecule has 0 atom stereocenters. The molecule has 1 fully saturated rings. The SMILES string of the molecule is Cc1c(C(=O)N2CCN(c3ccnc(-c4ccccc4)n3)CC2)sc2ccc(F)cc12. The summed E-state index contributed by atoms with van der Waals surface area (Å²) in [6, 6.07) is 16.5. The molecule has 0 N–H and O–H groups in total. The first-order chi connectivity index (χ1) is 15.1. The van der Waals surface area contributed by atoms with Gasteiger partial charge in [-0.15, -0.1) is 11.3 Å². The van der Waals surface area contributed by atoms with Crippen LogP contribution in [-0.4, -0.2) is 47.0 Å². The van der Waals surface area contributed by atoms with Crippen LogP contribution in [0.2, 0.25) is 0 Å². The zero-order valence-corrected chi connectivity index (χ0v) is 17.9. The van der Waals surface area contributed by atoms with Crippen LogP contribution in [0.15, 0.2) is 60.8 Å². The van der Waals surface area contributed by atoms with E-state index >= 15 is 0 Å². The van der Waals surface area contributed by atoms with Crippen molar-refractivity contribution < 1.29 is 9.18 Å². The molecule has 0 bridgehead atoms. The summed E-state index contributed by atoms with van der Waals surface area (Å²) in [5.41, 5.74) is 1.84. The van der Waals surface area contributed by atoms with Crippen LogP contribution in [-0.2, 0) is 0 Å². The molecule has 156 valence electrons. The molecule has 0 spiro atoms. The van der Waals surface area contributed by atoms with Crippen molar-refractivity contribution in [2.75, 3.05) is 31.1 Å². The average molecular weight is 433 g/mol. The smallest absolute Gasteiger partial charge is 0.264 e. The second kappa shape index (κ2) is 8.07. The number of halogens is 1. The fourth-order valence-electron chi connectivity index (χ4n) is 3.93. The minimum absolute atomic E-state index is 0.0198. The normalized spacial score (nSPS) is 14.3. The van der Waals surface area contributed by atoms with E-state index in [1.807, 2.05) is 48.2 Å². The summed E-state index contributed by atoms with van der Waals surface area (Å²) >= 11 is 1.44. The van der Waals surface area contributed by atoms with Crippen LogP contribution < -0.4 is 4.90 Å². The van der Waals surface area contributed by atoms with Crippen molar-refractivity contribution in [3.05, 3.63) is 77.1 Å². The summed E-state index contributed by atoms with van der Waals surface area (Å²) in [7, 11) is 0. The van der Waals surface area contributed by atoms with Gasteiger partial charge in [-0.1, -0.05) is 30.3 Å². The molecule has 4 aromatic rings. The van der Waals surface area contributed by atoms with Gasteiger partial charge < -0.3 is 9.80 Å². The molecule has 7 heteroatoms. The predicted molar refractivity (Wildman–Crippen MR) is 122 cm³/mol. The van der Waals surface area contributed by atoms with Gasteiger partial charge in [-0.2, -0.15) is 0 Å². The van der Waals surface area contributed by atoms with E-state index in [2.05, 4.69) is 9.88 Å². The van der Waals surface area contributed by atoms with Crippen molar-refractivity contribution in [2.24, 2.45) is 0 Å². The molecule has 0 aliphatic carbocycles. The Kier molecular flexibility index (Phi) is 5.11. The predicted octanol–water partition coefficient (Wildman–Crippen LogP) is 4.77. The van der Waals surface area contributed by atoms with Crippen molar-refractivity contribution in [3.8, 4) is 11.4 Å². The van der Waals surface area contributed by atoms with Crippen LogP contribution in [0.25, 0.3) is 21.5 Å². The van der Waals surface area contributed by atoms with Gasteiger partial charge in [-0.05, 0) is 42.1 Å². The molecule has 5 nitrogen and oxygen atoms in total. The summed E-state index contributed by atoms with van der Waals surface area (Å²) in [5.74, 6) is 1.31. The van der Waals surface area contributed by atoms with Crippen molar-refractivity contribution in [1.29, 1.82) is 0 Å². The lowest BCUT2D eigenvalue weighted by atomic mass is 10.1. The maximum Gasteiger partial charge on any atom is 0.264 e. The van der Waals surface area contributed by atoms with Gasteiger partial charge in [0.1, 0.15) is 11.6 Å². The van der Waals surface area contributed by atoms with Gasteiger partial charge in [-0.3, -0.25) is 4.79 Å². The third kappa shape index (κ3) is 3.77. The highest BCUT2D eigenvalue weighted by molar-refractivity contribution is 7.21. The maximum atomic E-state index is 13.6. The van der Waals surface area contributed by atoms with Crippen LogP contribution in [0.3, 0.4) is 0 Å². The Morgan fingerprint density at radius 3 is 2.58 bits per heavy atom. The van der Waals surface area contributed by atoms with Gasteiger partial charge in [0.05, 0.1) is 4.88 Å². The number of benzene rings is 2. The molecule has 1 aliphatic heterocycles. The van der Waals surface area contributed by atoms with Crippen LogP contribution in [0.4, 0.5) is 10.2 Å². The van der Waals surface area contributed by atoms with E-state index in [0.29, 0.717) is 36.9 Å². The Morgan fingerprint density at radius 1 is 1.03 bits per heavy atom. The zero-order valence-electron chi connectivity index (χ0n) is 17.1. The molecule has 2 aromatic heterocycles. The Labute approximate surface area is 183 Å². The van der Waals surface area contributed by atoms with Gasteiger partial charge in [0, 0.05) is 42.6 Å². The summed E-state index contributed by atoms with van der Waals surface area (Å²) in [4.78, 5) is 27.0. The van der Waals surface area contributed by atoms with E-state index < -0.39 is 0 Å². The zero-order chi connectivity index (χ0) is 21.4. The molecular weight excluding hydrogens is 411 g/mol. The molecule has 31 heavy (non-hydrogen) atoms. The molecule has 1 saturated heterocycles. The number of thiophene rings is 1. The van der Waals surface area contributed by atoms with Gasteiger partial charge in [0.25, 0.3) is 5.91 Å². The standard InChI is InChI=1S/C24H21FN4OS/c1-16-19-15-18(25)7-8-20(19)31-22(16)24(30)29-13-11-28(12-14-29)21-9-10-26-23(27-21)17-5-3-2-4-6-17/h2-10,15H,11-14H2,1H3. The van der Waals surface area contributed by atoms with Gasteiger partial charge in [0.2, 0.25) is 0 Å². The van der Waals surface area contributed by atoms with E-state index in [1.165, 1.54) is 23.5 Å². The van der Waals surface area contributed by atoms with Crippen molar-refractivity contribution in [2.45, 2.75) is 6.92 Å². The number of nitrogens with zero attached hydrogens (tertiary/aromatic N) is 4. The molecule has 1 aliphatic rings. The fourth-order valence-corrected chi connectivity index (χ4v) is 5.09. The number of hydrogen-bond donors (Lipinski definition) is 0. The van der Waals surface area contributed by atoms with Gasteiger partial charge >= 0.3 is 0 Å². The lowest BCUT2D eigenvalue weighted by molar-refractivity contribution is 0.0751. The maximum absolute atomic E-state index is 13.6. The number of carbonyl (C=O) groups excluding carboxylic acids is 1. The number of aryl methyl sites for hydroxylation is 1. The fraction of sp³-hybridized carbons (Fsp3) is 0.208. The second-order valence-electron chi connectivity index (χ2n) is 7.58. The van der Waals surface area contributed by atoms with Gasteiger partial charge in [0.15, 0.2) is 5.82 Å². The number of hydrogen-bond acceptors (Lipinski definition) is 5. The third-order valence-corrected chi connectivity index (χ3v) is 6.92. The van der Waals surface area contributed by atoms with Crippen molar-refractivity contribution >= 4 is 33.1 Å². The number of amides is 1. The van der Waals surface area contributed by atoms with E-state index in [4.69, 9.17) is 4.98 Å². The third-order valence-electron chi connectivity index (χ3n) is 5.66. The summed E-state index contributed by atoms with van der Waals surface area (Å²) in [5, 5.41) is 0.821. The molecule has 5 rings (SSSR count). The largest absolute Gasteiger partial charge is 0.353 e. The highest BCUT2D eigenvalue weighted by Crippen LogP contribution is 2.32. The molecule has 0 saturated carbocycles. The van der Waals surface area contributed by atoms with Crippen molar-refractivity contribution in [1.82, 2.24) is 14.9 Å². The number of rotatable bonds is 3. The average Bonchev–Trinajstić information content (AvgIpc) is 3.15.